The Morgan fingerprint density at radius 3 is 2.58 bits per heavy atom. The van der Waals surface area contributed by atoms with Crippen molar-refractivity contribution in [3.63, 3.8) is 0 Å². The molecule has 0 saturated heterocycles. The van der Waals surface area contributed by atoms with Crippen LogP contribution in [0.25, 0.3) is 0 Å². The highest BCUT2D eigenvalue weighted by molar-refractivity contribution is 5.66. The van der Waals surface area contributed by atoms with E-state index in [4.69, 9.17) is 0 Å². The lowest BCUT2D eigenvalue weighted by Crippen LogP contribution is -2.42. The van der Waals surface area contributed by atoms with E-state index < -0.39 is 6.10 Å². The number of hydrogen-bond donors (Lipinski definition) is 3. The quantitative estimate of drug-likeness (QED) is 0.779. The number of hydrogen-bond acceptors (Lipinski definition) is 4. The van der Waals surface area contributed by atoms with Crippen LogP contribution in [0.5, 0.6) is 5.75 Å². The van der Waals surface area contributed by atoms with Gasteiger partial charge in [-0.3, -0.25) is 0 Å². The Kier molecular flexibility index (Phi) is 4.02. The van der Waals surface area contributed by atoms with Crippen molar-refractivity contribution in [3.8, 4) is 5.75 Å². The molecule has 1 aliphatic rings. The maximum Gasteiger partial charge on any atom is 0.139 e. The van der Waals surface area contributed by atoms with Gasteiger partial charge in [0.25, 0.3) is 0 Å². The van der Waals surface area contributed by atoms with Gasteiger partial charge in [0.2, 0.25) is 0 Å². The van der Waals surface area contributed by atoms with Crippen LogP contribution in [0.2, 0.25) is 0 Å². The molecule has 106 valence electrons. The van der Waals surface area contributed by atoms with Gasteiger partial charge in [-0.2, -0.15) is 0 Å². The second-order valence-electron chi connectivity index (χ2n) is 5.81. The van der Waals surface area contributed by atoms with Crippen LogP contribution < -0.4 is 10.2 Å². The fourth-order valence-corrected chi connectivity index (χ4v) is 2.96. The molecule has 1 aromatic rings. The summed E-state index contributed by atoms with van der Waals surface area (Å²) in [5.41, 5.74) is 2.84. The molecule has 0 aromatic heterocycles. The van der Waals surface area contributed by atoms with Gasteiger partial charge >= 0.3 is 0 Å². The topological polar surface area (TPSA) is 55.7 Å². The smallest absolute Gasteiger partial charge is 0.139 e. The molecule has 0 amide bonds. The summed E-state index contributed by atoms with van der Waals surface area (Å²) in [5.74, 6) is 0.284. The lowest BCUT2D eigenvalue weighted by atomic mass is 9.84. The molecule has 0 bridgehead atoms. The summed E-state index contributed by atoms with van der Waals surface area (Å²) in [5, 5.41) is 23.9. The molecular weight excluding hydrogens is 240 g/mol. The van der Waals surface area contributed by atoms with Crippen LogP contribution in [0, 0.1) is 0 Å². The molecule has 2 unspecified atom stereocenters. The Bertz CT molecular complexity index is 458. The standard InChI is InChI=1S/C15H24N2O2/c1-9(2)16-12-7-5-10-11(15(12)19)6-8-13(18)14(10)17(3)4/h6,8-9,12,15-16,18-19H,5,7H2,1-4H3. The number of aromatic hydroxyl groups is 1. The summed E-state index contributed by atoms with van der Waals surface area (Å²) >= 11 is 0. The van der Waals surface area contributed by atoms with Crippen molar-refractivity contribution in [2.75, 3.05) is 19.0 Å². The molecule has 0 heterocycles. The van der Waals surface area contributed by atoms with E-state index in [1.165, 1.54) is 0 Å². The second kappa shape index (κ2) is 5.39. The lowest BCUT2D eigenvalue weighted by Gasteiger charge is -2.34. The summed E-state index contributed by atoms with van der Waals surface area (Å²) in [6.07, 6.45) is 1.25. The normalized spacial score (nSPS) is 22.4. The zero-order chi connectivity index (χ0) is 14.2. The van der Waals surface area contributed by atoms with Crippen molar-refractivity contribution < 1.29 is 10.2 Å². The molecule has 3 N–H and O–H groups in total. The van der Waals surface area contributed by atoms with E-state index in [9.17, 15) is 10.2 Å². The molecule has 4 nitrogen and oxygen atoms in total. The molecule has 1 aliphatic carbocycles. The zero-order valence-corrected chi connectivity index (χ0v) is 12.1. The van der Waals surface area contributed by atoms with E-state index in [0.717, 1.165) is 29.7 Å². The minimum atomic E-state index is -0.509. The zero-order valence-electron chi connectivity index (χ0n) is 12.1. The summed E-state index contributed by atoms with van der Waals surface area (Å²) in [4.78, 5) is 1.91. The van der Waals surface area contributed by atoms with E-state index in [-0.39, 0.29) is 11.8 Å². The van der Waals surface area contributed by atoms with Gasteiger partial charge in [-0.05, 0) is 30.0 Å². The number of anilines is 1. The number of nitrogens with one attached hydrogen (secondary N) is 1. The molecule has 2 atom stereocenters. The summed E-state index contributed by atoms with van der Waals surface area (Å²) in [6, 6.07) is 3.96. The van der Waals surface area contributed by atoms with E-state index in [0.29, 0.717) is 6.04 Å². The molecular formula is C15H24N2O2. The summed E-state index contributed by atoms with van der Waals surface area (Å²) in [7, 11) is 3.83. The first-order valence-corrected chi connectivity index (χ1v) is 6.88. The van der Waals surface area contributed by atoms with E-state index in [1.54, 1.807) is 6.07 Å². The number of phenolic OH excluding ortho intramolecular Hbond substituents is 1. The second-order valence-corrected chi connectivity index (χ2v) is 5.81. The van der Waals surface area contributed by atoms with Gasteiger partial charge in [-0.15, -0.1) is 0 Å². The van der Waals surface area contributed by atoms with E-state index in [1.807, 2.05) is 25.1 Å². The van der Waals surface area contributed by atoms with Crippen LogP contribution >= 0.6 is 0 Å². The molecule has 19 heavy (non-hydrogen) atoms. The maximum atomic E-state index is 10.5. The molecule has 0 fully saturated rings. The predicted molar refractivity (Wildman–Crippen MR) is 77.8 cm³/mol. The predicted octanol–water partition coefficient (Wildman–Crippen LogP) is 1.80. The highest BCUT2D eigenvalue weighted by Crippen LogP contribution is 2.40. The number of fused-ring (bicyclic) bond motifs is 1. The number of aliphatic hydroxyl groups excluding tert-OH is 1. The summed E-state index contributed by atoms with van der Waals surface area (Å²) in [6.45, 7) is 4.18. The first kappa shape index (κ1) is 14.2. The average Bonchev–Trinajstić information content (AvgIpc) is 2.31. The third kappa shape index (κ3) is 2.69. The lowest BCUT2D eigenvalue weighted by molar-refractivity contribution is 0.110. The minimum Gasteiger partial charge on any atom is -0.506 e. The molecule has 0 spiro atoms. The van der Waals surface area contributed by atoms with Crippen LogP contribution in [0.4, 0.5) is 5.69 Å². The van der Waals surface area contributed by atoms with Crippen molar-refractivity contribution in [1.82, 2.24) is 5.32 Å². The third-order valence-corrected chi connectivity index (χ3v) is 3.70. The SMILES string of the molecule is CC(C)NC1CCc2c(ccc(O)c2N(C)C)C1O. The molecule has 0 saturated carbocycles. The van der Waals surface area contributed by atoms with E-state index in [2.05, 4.69) is 19.2 Å². The molecule has 4 heteroatoms. The van der Waals surface area contributed by atoms with Gasteiger partial charge in [0, 0.05) is 26.2 Å². The fraction of sp³-hybridized carbons (Fsp3) is 0.600. The molecule has 0 aliphatic heterocycles. The monoisotopic (exact) mass is 264 g/mol. The Morgan fingerprint density at radius 1 is 1.32 bits per heavy atom. The number of phenols is 1. The van der Waals surface area contributed by atoms with Crippen molar-refractivity contribution in [1.29, 1.82) is 0 Å². The Labute approximate surface area is 115 Å². The van der Waals surface area contributed by atoms with Gasteiger partial charge in [0.05, 0.1) is 11.8 Å². The van der Waals surface area contributed by atoms with Gasteiger partial charge in [-0.25, -0.2) is 0 Å². The third-order valence-electron chi connectivity index (χ3n) is 3.70. The van der Waals surface area contributed by atoms with Crippen LogP contribution in [0.1, 0.15) is 37.5 Å². The van der Waals surface area contributed by atoms with Crippen molar-refractivity contribution in [3.05, 3.63) is 23.3 Å². The maximum absolute atomic E-state index is 10.5. The fourth-order valence-electron chi connectivity index (χ4n) is 2.96. The van der Waals surface area contributed by atoms with Gasteiger partial charge in [0.1, 0.15) is 5.75 Å². The molecule has 1 aromatic carbocycles. The highest BCUT2D eigenvalue weighted by Gasteiger charge is 2.30. The average molecular weight is 264 g/mol. The van der Waals surface area contributed by atoms with Crippen LogP contribution in [0.15, 0.2) is 12.1 Å². The Hall–Kier alpha value is -1.26. The number of nitrogens with zero attached hydrogens (tertiary/aromatic N) is 1. The van der Waals surface area contributed by atoms with Crippen LogP contribution in [-0.2, 0) is 6.42 Å². The Balaban J connectivity index is 2.38. The van der Waals surface area contributed by atoms with Crippen LogP contribution in [0.3, 0.4) is 0 Å². The van der Waals surface area contributed by atoms with Gasteiger partial charge in [0.15, 0.2) is 0 Å². The largest absolute Gasteiger partial charge is 0.506 e. The van der Waals surface area contributed by atoms with Gasteiger partial charge in [-0.1, -0.05) is 19.9 Å². The minimum absolute atomic E-state index is 0.0899. The highest BCUT2D eigenvalue weighted by atomic mass is 16.3. The van der Waals surface area contributed by atoms with Crippen molar-refractivity contribution in [2.45, 2.75) is 44.9 Å². The first-order chi connectivity index (χ1) is 8.91. The number of rotatable bonds is 3. The first-order valence-electron chi connectivity index (χ1n) is 6.88. The molecule has 0 radical (unpaired) electrons. The van der Waals surface area contributed by atoms with Gasteiger partial charge < -0.3 is 20.4 Å². The number of benzene rings is 1. The van der Waals surface area contributed by atoms with E-state index >= 15 is 0 Å². The van der Waals surface area contributed by atoms with Crippen LogP contribution in [-0.4, -0.2) is 36.4 Å². The summed E-state index contributed by atoms with van der Waals surface area (Å²) < 4.78 is 0. The Morgan fingerprint density at radius 2 is 2.00 bits per heavy atom. The van der Waals surface area contributed by atoms with Crippen molar-refractivity contribution in [2.24, 2.45) is 0 Å². The number of aliphatic hydroxyl groups is 1. The van der Waals surface area contributed by atoms with Crippen molar-refractivity contribution >= 4 is 5.69 Å². The molecule has 2 rings (SSSR count).